The predicted octanol–water partition coefficient (Wildman–Crippen LogP) is 2.82. The van der Waals surface area contributed by atoms with E-state index in [0.717, 1.165) is 5.56 Å². The maximum absolute atomic E-state index is 12.2. The molecule has 0 spiro atoms. The average molecular weight is 337 g/mol. The van der Waals surface area contributed by atoms with Crippen LogP contribution in [0.2, 0.25) is 10.0 Å². The first-order chi connectivity index (χ1) is 10.5. The number of hydrogen-bond acceptors (Lipinski definition) is 2. The van der Waals surface area contributed by atoms with Crippen molar-refractivity contribution >= 4 is 35.0 Å². The zero-order valence-electron chi connectivity index (χ0n) is 11.6. The van der Waals surface area contributed by atoms with Crippen LogP contribution in [0.1, 0.15) is 15.9 Å². The lowest BCUT2D eigenvalue weighted by Gasteiger charge is -2.16. The Labute approximate surface area is 138 Å². The van der Waals surface area contributed by atoms with Gasteiger partial charge in [0.25, 0.3) is 5.91 Å². The molecule has 0 saturated carbocycles. The number of nitrogens with two attached hydrogens (primary N) is 1. The molecule has 0 heterocycles. The largest absolute Gasteiger partial charge is 0.368 e. The van der Waals surface area contributed by atoms with Crippen LogP contribution < -0.4 is 11.1 Å². The first kappa shape index (κ1) is 16.3. The molecule has 2 rings (SSSR count). The Kier molecular flexibility index (Phi) is 5.41. The molecule has 2 amide bonds. The van der Waals surface area contributed by atoms with Gasteiger partial charge in [0.2, 0.25) is 5.91 Å². The second-order valence-corrected chi connectivity index (χ2v) is 5.59. The van der Waals surface area contributed by atoms with Crippen molar-refractivity contribution in [2.24, 2.45) is 5.73 Å². The molecule has 114 valence electrons. The summed E-state index contributed by atoms with van der Waals surface area (Å²) >= 11 is 11.9. The van der Waals surface area contributed by atoms with Crippen LogP contribution in [0, 0.1) is 0 Å². The number of nitrogens with one attached hydrogen (secondary N) is 1. The highest BCUT2D eigenvalue weighted by Gasteiger charge is 2.20. The Morgan fingerprint density at radius 3 is 2.45 bits per heavy atom. The zero-order valence-corrected chi connectivity index (χ0v) is 13.1. The quantitative estimate of drug-likeness (QED) is 0.881. The Morgan fingerprint density at radius 2 is 1.82 bits per heavy atom. The van der Waals surface area contributed by atoms with Gasteiger partial charge in [0.1, 0.15) is 6.04 Å². The molecule has 0 aliphatic rings. The van der Waals surface area contributed by atoms with Gasteiger partial charge in [-0.2, -0.15) is 0 Å². The molecule has 4 nitrogen and oxygen atoms in total. The third kappa shape index (κ3) is 4.23. The molecule has 0 aliphatic carbocycles. The van der Waals surface area contributed by atoms with Crippen LogP contribution in [-0.2, 0) is 11.2 Å². The monoisotopic (exact) mass is 336 g/mol. The van der Waals surface area contributed by atoms with Gasteiger partial charge in [-0.15, -0.1) is 0 Å². The van der Waals surface area contributed by atoms with E-state index in [4.69, 9.17) is 28.9 Å². The van der Waals surface area contributed by atoms with Crippen molar-refractivity contribution in [2.45, 2.75) is 12.5 Å². The van der Waals surface area contributed by atoms with Crippen molar-refractivity contribution in [1.29, 1.82) is 0 Å². The second kappa shape index (κ2) is 7.29. The van der Waals surface area contributed by atoms with Crippen molar-refractivity contribution in [1.82, 2.24) is 5.32 Å². The number of carbonyl (C=O) groups is 2. The van der Waals surface area contributed by atoms with Crippen molar-refractivity contribution in [2.75, 3.05) is 0 Å². The molecule has 0 fully saturated rings. The summed E-state index contributed by atoms with van der Waals surface area (Å²) in [6.45, 7) is 0. The van der Waals surface area contributed by atoms with E-state index in [1.165, 1.54) is 0 Å². The summed E-state index contributed by atoms with van der Waals surface area (Å²) in [5.74, 6) is -1.07. The Hall–Kier alpha value is -2.04. The van der Waals surface area contributed by atoms with Crippen LogP contribution in [0.4, 0.5) is 0 Å². The molecular formula is C16H14Cl2N2O2. The molecule has 3 N–H and O–H groups in total. The Morgan fingerprint density at radius 1 is 1.09 bits per heavy atom. The summed E-state index contributed by atoms with van der Waals surface area (Å²) in [7, 11) is 0. The smallest absolute Gasteiger partial charge is 0.253 e. The van der Waals surface area contributed by atoms with E-state index in [9.17, 15) is 9.59 Å². The third-order valence-corrected chi connectivity index (χ3v) is 3.66. The fourth-order valence-electron chi connectivity index (χ4n) is 2.00. The maximum atomic E-state index is 12.2. The van der Waals surface area contributed by atoms with Crippen LogP contribution in [-0.4, -0.2) is 17.9 Å². The molecule has 6 heteroatoms. The van der Waals surface area contributed by atoms with Gasteiger partial charge in [-0.3, -0.25) is 9.59 Å². The molecule has 0 bridgehead atoms. The topological polar surface area (TPSA) is 72.2 Å². The fourth-order valence-corrected chi connectivity index (χ4v) is 2.44. The first-order valence-corrected chi connectivity index (χ1v) is 7.32. The van der Waals surface area contributed by atoms with E-state index in [0.29, 0.717) is 15.6 Å². The molecule has 2 aromatic rings. The summed E-state index contributed by atoms with van der Waals surface area (Å²) in [5.41, 5.74) is 6.46. The van der Waals surface area contributed by atoms with E-state index in [1.807, 2.05) is 6.07 Å². The summed E-state index contributed by atoms with van der Waals surface area (Å²) in [6.07, 6.45) is 0.256. The highest BCUT2D eigenvalue weighted by Crippen LogP contribution is 2.16. The van der Waals surface area contributed by atoms with Crippen molar-refractivity contribution in [3.8, 4) is 0 Å². The molecule has 0 saturated heterocycles. The number of benzene rings is 2. The minimum Gasteiger partial charge on any atom is -0.368 e. The lowest BCUT2D eigenvalue weighted by atomic mass is 10.0. The van der Waals surface area contributed by atoms with Gasteiger partial charge in [-0.1, -0.05) is 47.5 Å². The number of halogens is 2. The van der Waals surface area contributed by atoms with Gasteiger partial charge in [0.15, 0.2) is 0 Å². The van der Waals surface area contributed by atoms with Crippen molar-refractivity contribution in [3.05, 3.63) is 69.7 Å². The lowest BCUT2D eigenvalue weighted by Crippen LogP contribution is -2.45. The predicted molar refractivity (Wildman–Crippen MR) is 87.1 cm³/mol. The van der Waals surface area contributed by atoms with Gasteiger partial charge < -0.3 is 11.1 Å². The van der Waals surface area contributed by atoms with Crippen molar-refractivity contribution in [3.63, 3.8) is 0 Å². The molecule has 1 atom stereocenters. The second-order valence-electron chi connectivity index (χ2n) is 4.74. The van der Waals surface area contributed by atoms with Gasteiger partial charge in [-0.05, 0) is 29.8 Å². The first-order valence-electron chi connectivity index (χ1n) is 6.56. The molecule has 0 aromatic heterocycles. The third-order valence-electron chi connectivity index (χ3n) is 3.10. The summed E-state index contributed by atoms with van der Waals surface area (Å²) < 4.78 is 0. The standard InChI is InChI=1S/C16H14Cl2N2O2/c17-11-5-3-4-10(8-11)9-14(15(19)21)20-16(22)12-6-1-2-7-13(12)18/h1-8,14H,9H2,(H2,19,21)(H,20,22)/t14-/m0/s1. The highest BCUT2D eigenvalue weighted by atomic mass is 35.5. The van der Waals surface area contributed by atoms with Crippen LogP contribution in [0.3, 0.4) is 0 Å². The average Bonchev–Trinajstić information content (AvgIpc) is 2.46. The van der Waals surface area contributed by atoms with Gasteiger partial charge in [-0.25, -0.2) is 0 Å². The minimum atomic E-state index is -0.845. The Bertz CT molecular complexity index is 704. The van der Waals surface area contributed by atoms with E-state index < -0.39 is 17.9 Å². The van der Waals surface area contributed by atoms with E-state index >= 15 is 0 Å². The van der Waals surface area contributed by atoms with E-state index in [1.54, 1.807) is 42.5 Å². The van der Waals surface area contributed by atoms with Crippen LogP contribution in [0.25, 0.3) is 0 Å². The van der Waals surface area contributed by atoms with Crippen LogP contribution >= 0.6 is 23.2 Å². The van der Waals surface area contributed by atoms with Crippen molar-refractivity contribution < 1.29 is 9.59 Å². The number of amides is 2. The summed E-state index contributed by atoms with van der Waals surface area (Å²) in [5, 5.41) is 3.47. The number of rotatable bonds is 5. The van der Waals surface area contributed by atoms with Gasteiger partial charge in [0.05, 0.1) is 10.6 Å². The Balaban J connectivity index is 2.14. The van der Waals surface area contributed by atoms with E-state index in [2.05, 4.69) is 5.32 Å². The molecule has 22 heavy (non-hydrogen) atoms. The minimum absolute atomic E-state index is 0.256. The van der Waals surface area contributed by atoms with Gasteiger partial charge in [0, 0.05) is 11.4 Å². The SMILES string of the molecule is NC(=O)[C@H](Cc1cccc(Cl)c1)NC(=O)c1ccccc1Cl. The normalized spacial score (nSPS) is 11.7. The van der Waals surface area contributed by atoms with Gasteiger partial charge >= 0.3 is 0 Å². The number of hydrogen-bond donors (Lipinski definition) is 2. The molecule has 2 aromatic carbocycles. The highest BCUT2D eigenvalue weighted by molar-refractivity contribution is 6.33. The maximum Gasteiger partial charge on any atom is 0.253 e. The number of carbonyl (C=O) groups excluding carboxylic acids is 2. The van der Waals surface area contributed by atoms with Crippen LogP contribution in [0.5, 0.6) is 0 Å². The summed E-state index contributed by atoms with van der Waals surface area (Å²) in [4.78, 5) is 23.8. The lowest BCUT2D eigenvalue weighted by molar-refractivity contribution is -0.119. The van der Waals surface area contributed by atoms with Crippen LogP contribution in [0.15, 0.2) is 48.5 Å². The number of primary amides is 1. The van der Waals surface area contributed by atoms with E-state index in [-0.39, 0.29) is 6.42 Å². The fraction of sp³-hybridized carbons (Fsp3) is 0.125. The zero-order chi connectivity index (χ0) is 16.1. The molecule has 0 aliphatic heterocycles. The summed E-state index contributed by atoms with van der Waals surface area (Å²) in [6, 6.07) is 12.8. The molecule has 0 unspecified atom stereocenters. The molecular weight excluding hydrogens is 323 g/mol. The molecule has 0 radical (unpaired) electrons.